The minimum atomic E-state index is -0.0847. The largest absolute Gasteiger partial charge is 0.377 e. The van der Waals surface area contributed by atoms with Crippen molar-refractivity contribution in [2.45, 2.75) is 23.8 Å². The van der Waals surface area contributed by atoms with Crippen LogP contribution in [0.25, 0.3) is 0 Å². The number of ether oxygens (including phenoxy) is 1. The maximum atomic E-state index is 12.6. The van der Waals surface area contributed by atoms with Gasteiger partial charge in [0.05, 0.1) is 11.7 Å². The quantitative estimate of drug-likeness (QED) is 0.730. The summed E-state index contributed by atoms with van der Waals surface area (Å²) in [4.78, 5) is 13.6. The highest BCUT2D eigenvalue weighted by Crippen LogP contribution is 2.27. The van der Waals surface area contributed by atoms with Crippen LogP contribution in [0.5, 0.6) is 0 Å². The van der Waals surface area contributed by atoms with Gasteiger partial charge in [-0.15, -0.1) is 11.8 Å². The normalized spacial score (nSPS) is 17.2. The van der Waals surface area contributed by atoms with Crippen molar-refractivity contribution in [1.82, 2.24) is 0 Å². The van der Waals surface area contributed by atoms with Gasteiger partial charge in [0.1, 0.15) is 0 Å². The van der Waals surface area contributed by atoms with Crippen molar-refractivity contribution in [2.24, 2.45) is 0 Å². The molecule has 120 valence electrons. The molecule has 1 aliphatic heterocycles. The fourth-order valence-corrected chi connectivity index (χ4v) is 4.02. The minimum absolute atomic E-state index is 0.0847. The predicted molar refractivity (Wildman–Crippen MR) is 98.2 cm³/mol. The molecule has 23 heavy (non-hydrogen) atoms. The summed E-state index contributed by atoms with van der Waals surface area (Å²) >= 11 is 5.11. The summed E-state index contributed by atoms with van der Waals surface area (Å²) in [5.74, 6) is 0.805. The minimum Gasteiger partial charge on any atom is -0.377 e. The van der Waals surface area contributed by atoms with Crippen molar-refractivity contribution >= 4 is 39.3 Å². The maximum absolute atomic E-state index is 12.6. The van der Waals surface area contributed by atoms with Gasteiger partial charge < -0.3 is 10.1 Å². The molecular weight excluding hydrogens is 374 g/mol. The summed E-state index contributed by atoms with van der Waals surface area (Å²) < 4.78 is 6.60. The number of rotatable bonds is 5. The van der Waals surface area contributed by atoms with E-state index in [-0.39, 0.29) is 5.91 Å². The summed E-state index contributed by atoms with van der Waals surface area (Å²) in [5.41, 5.74) is 1.48. The Hall–Kier alpha value is -1.30. The molecule has 0 aromatic heterocycles. The lowest BCUT2D eigenvalue weighted by Gasteiger charge is -2.12. The topological polar surface area (TPSA) is 38.3 Å². The first-order valence-electron chi connectivity index (χ1n) is 7.63. The summed E-state index contributed by atoms with van der Waals surface area (Å²) in [6.45, 7) is 0.857. The number of anilines is 1. The van der Waals surface area contributed by atoms with Crippen LogP contribution < -0.4 is 5.32 Å². The summed E-state index contributed by atoms with van der Waals surface area (Å²) in [5, 5.41) is 2.95. The van der Waals surface area contributed by atoms with Gasteiger partial charge in [-0.05, 0) is 43.2 Å². The number of carbonyl (C=O) groups is 1. The van der Waals surface area contributed by atoms with E-state index >= 15 is 0 Å². The second kappa shape index (κ2) is 7.99. The van der Waals surface area contributed by atoms with E-state index in [1.807, 2.05) is 48.5 Å². The fourth-order valence-electron chi connectivity index (χ4n) is 2.50. The highest BCUT2D eigenvalue weighted by Gasteiger charge is 2.18. The molecular formula is C18H18BrNO2S. The zero-order chi connectivity index (χ0) is 16.1. The number of benzene rings is 2. The van der Waals surface area contributed by atoms with Crippen LogP contribution in [0.1, 0.15) is 23.2 Å². The number of amides is 1. The number of carbonyl (C=O) groups excluding carboxylic acids is 1. The Morgan fingerprint density at radius 2 is 2.13 bits per heavy atom. The van der Waals surface area contributed by atoms with Gasteiger partial charge in [-0.1, -0.05) is 34.1 Å². The Morgan fingerprint density at radius 1 is 1.26 bits per heavy atom. The highest BCUT2D eigenvalue weighted by molar-refractivity contribution is 9.10. The average molecular weight is 392 g/mol. The Bertz CT molecular complexity index is 686. The maximum Gasteiger partial charge on any atom is 0.256 e. The first kappa shape index (κ1) is 16.6. The predicted octanol–water partition coefficient (Wildman–Crippen LogP) is 4.97. The van der Waals surface area contributed by atoms with Gasteiger partial charge >= 0.3 is 0 Å². The van der Waals surface area contributed by atoms with Crippen LogP contribution >= 0.6 is 27.7 Å². The van der Waals surface area contributed by atoms with E-state index in [1.165, 1.54) is 0 Å². The Morgan fingerprint density at radius 3 is 2.91 bits per heavy atom. The molecule has 0 unspecified atom stereocenters. The van der Waals surface area contributed by atoms with Crippen LogP contribution in [0.2, 0.25) is 0 Å². The number of thioether (sulfide) groups is 1. The van der Waals surface area contributed by atoms with Crippen molar-refractivity contribution in [3.8, 4) is 0 Å². The third-order valence-corrected chi connectivity index (χ3v) is 5.36. The van der Waals surface area contributed by atoms with Crippen molar-refractivity contribution in [1.29, 1.82) is 0 Å². The third kappa shape index (κ3) is 4.59. The molecule has 1 aliphatic rings. The molecule has 0 bridgehead atoms. The molecule has 5 heteroatoms. The molecule has 2 aromatic carbocycles. The third-order valence-electron chi connectivity index (χ3n) is 3.66. The van der Waals surface area contributed by atoms with Crippen LogP contribution in [0.15, 0.2) is 57.9 Å². The van der Waals surface area contributed by atoms with Gasteiger partial charge in [-0.25, -0.2) is 0 Å². The fraction of sp³-hybridized carbons (Fsp3) is 0.278. The standard InChI is InChI=1S/C18H18BrNO2S/c19-13-5-3-6-14(11-13)20-18(21)16-8-1-2-9-17(16)23-12-15-7-4-10-22-15/h1-3,5-6,8-9,11,15H,4,7,10,12H2,(H,20,21)/t15-/m0/s1. The van der Waals surface area contributed by atoms with Crippen molar-refractivity contribution in [3.63, 3.8) is 0 Å². The van der Waals surface area contributed by atoms with Gasteiger partial charge in [-0.3, -0.25) is 4.79 Å². The molecule has 1 heterocycles. The molecule has 1 amide bonds. The van der Waals surface area contributed by atoms with Gasteiger partial charge in [-0.2, -0.15) is 0 Å². The Labute approximate surface area is 148 Å². The molecule has 3 nitrogen and oxygen atoms in total. The lowest BCUT2D eigenvalue weighted by Crippen LogP contribution is -2.14. The van der Waals surface area contributed by atoms with E-state index in [0.717, 1.165) is 40.3 Å². The van der Waals surface area contributed by atoms with Crippen LogP contribution in [0, 0.1) is 0 Å². The van der Waals surface area contributed by atoms with Gasteiger partial charge in [0.15, 0.2) is 0 Å². The second-order valence-electron chi connectivity index (χ2n) is 5.41. The lowest BCUT2D eigenvalue weighted by molar-refractivity contribution is 0.102. The van der Waals surface area contributed by atoms with Crippen molar-refractivity contribution in [3.05, 3.63) is 58.6 Å². The highest BCUT2D eigenvalue weighted by atomic mass is 79.9. The number of hydrogen-bond donors (Lipinski definition) is 1. The van der Waals surface area contributed by atoms with E-state index in [9.17, 15) is 4.79 Å². The zero-order valence-corrected chi connectivity index (χ0v) is 15.0. The smallest absolute Gasteiger partial charge is 0.256 e. The second-order valence-corrected chi connectivity index (χ2v) is 7.38. The first-order chi connectivity index (χ1) is 11.2. The van der Waals surface area contributed by atoms with Crippen LogP contribution in [0.4, 0.5) is 5.69 Å². The van der Waals surface area contributed by atoms with E-state index in [0.29, 0.717) is 11.7 Å². The number of nitrogens with one attached hydrogen (secondary N) is 1. The monoisotopic (exact) mass is 391 g/mol. The first-order valence-corrected chi connectivity index (χ1v) is 9.40. The van der Waals surface area contributed by atoms with Crippen LogP contribution in [-0.4, -0.2) is 24.4 Å². The van der Waals surface area contributed by atoms with E-state index < -0.39 is 0 Å². The lowest BCUT2D eigenvalue weighted by atomic mass is 10.2. The molecule has 2 aromatic rings. The molecule has 0 aliphatic carbocycles. The Balaban J connectivity index is 1.69. The summed E-state index contributed by atoms with van der Waals surface area (Å²) in [6.07, 6.45) is 2.55. The van der Waals surface area contributed by atoms with Gasteiger partial charge in [0, 0.05) is 27.4 Å². The van der Waals surface area contributed by atoms with E-state index in [1.54, 1.807) is 11.8 Å². The molecule has 0 radical (unpaired) electrons. The van der Waals surface area contributed by atoms with Crippen molar-refractivity contribution < 1.29 is 9.53 Å². The Kier molecular flexibility index (Phi) is 5.75. The zero-order valence-electron chi connectivity index (χ0n) is 12.6. The summed E-state index contributed by atoms with van der Waals surface area (Å²) in [6, 6.07) is 15.3. The van der Waals surface area contributed by atoms with Gasteiger partial charge in [0.25, 0.3) is 5.91 Å². The molecule has 3 rings (SSSR count). The summed E-state index contributed by atoms with van der Waals surface area (Å²) in [7, 11) is 0. The average Bonchev–Trinajstić information content (AvgIpc) is 3.06. The number of halogens is 1. The SMILES string of the molecule is O=C(Nc1cccc(Br)c1)c1ccccc1SC[C@@H]1CCCO1. The molecule has 1 atom stereocenters. The number of hydrogen-bond acceptors (Lipinski definition) is 3. The molecule has 1 fully saturated rings. The van der Waals surface area contributed by atoms with E-state index in [2.05, 4.69) is 21.2 Å². The van der Waals surface area contributed by atoms with E-state index in [4.69, 9.17) is 4.74 Å². The van der Waals surface area contributed by atoms with Crippen molar-refractivity contribution in [2.75, 3.05) is 17.7 Å². The molecule has 0 spiro atoms. The molecule has 1 saturated heterocycles. The van der Waals surface area contributed by atoms with Crippen LogP contribution in [-0.2, 0) is 4.74 Å². The molecule has 0 saturated carbocycles. The van der Waals surface area contributed by atoms with Gasteiger partial charge in [0.2, 0.25) is 0 Å². The molecule has 1 N–H and O–H groups in total. The van der Waals surface area contributed by atoms with Crippen LogP contribution in [0.3, 0.4) is 0 Å².